The Bertz CT molecular complexity index is 974. The molecule has 0 bridgehead atoms. The summed E-state index contributed by atoms with van der Waals surface area (Å²) in [5.74, 6) is -0.0295. The van der Waals surface area contributed by atoms with Crippen LogP contribution >= 0.6 is 11.3 Å². The zero-order valence-electron chi connectivity index (χ0n) is 16.2. The molecule has 2 saturated heterocycles. The van der Waals surface area contributed by atoms with Crippen molar-refractivity contribution in [3.05, 3.63) is 27.1 Å². The summed E-state index contributed by atoms with van der Waals surface area (Å²) in [5, 5.41) is 3.47. The third kappa shape index (κ3) is 3.28. The van der Waals surface area contributed by atoms with Crippen molar-refractivity contribution in [3.63, 3.8) is 0 Å². The van der Waals surface area contributed by atoms with Crippen LogP contribution < -0.4 is 10.9 Å². The van der Waals surface area contributed by atoms with Gasteiger partial charge in [-0.1, -0.05) is 6.92 Å². The molecular formula is C19H25N5O3S. The molecule has 0 unspecified atom stereocenters. The Balaban J connectivity index is 1.46. The topological polar surface area (TPSA) is 87.5 Å². The van der Waals surface area contributed by atoms with Crippen molar-refractivity contribution in [2.24, 2.45) is 0 Å². The molecule has 0 aromatic carbocycles. The van der Waals surface area contributed by atoms with Crippen LogP contribution in [0, 0.1) is 6.92 Å². The van der Waals surface area contributed by atoms with Gasteiger partial charge in [0, 0.05) is 37.1 Å². The molecular weight excluding hydrogens is 378 g/mol. The van der Waals surface area contributed by atoms with E-state index < -0.39 is 0 Å². The first-order chi connectivity index (χ1) is 13.5. The van der Waals surface area contributed by atoms with E-state index in [1.54, 1.807) is 32.0 Å². The van der Waals surface area contributed by atoms with Crippen molar-refractivity contribution < 1.29 is 9.59 Å². The zero-order chi connectivity index (χ0) is 19.8. The molecule has 4 rings (SSSR count). The largest absolute Gasteiger partial charge is 0.341 e. The fraction of sp³-hybridized carbons (Fsp3) is 0.579. The predicted octanol–water partition coefficient (Wildman–Crippen LogP) is 1.52. The fourth-order valence-corrected chi connectivity index (χ4v) is 5.25. The summed E-state index contributed by atoms with van der Waals surface area (Å²) in [6.45, 7) is 6.57. The number of hydrogen-bond donors (Lipinski definition) is 1. The Labute approximate surface area is 167 Å². The van der Waals surface area contributed by atoms with Gasteiger partial charge in [-0.15, -0.1) is 11.3 Å². The van der Waals surface area contributed by atoms with Crippen molar-refractivity contribution in [2.75, 3.05) is 32.7 Å². The van der Waals surface area contributed by atoms with Gasteiger partial charge in [0.05, 0.1) is 11.7 Å². The average Bonchev–Trinajstić information content (AvgIpc) is 3.24. The number of nitrogens with zero attached hydrogens (tertiary/aromatic N) is 4. The second-order valence-electron chi connectivity index (χ2n) is 7.39. The number of carbonyl (C=O) groups is 2. The van der Waals surface area contributed by atoms with Crippen LogP contribution in [0.15, 0.2) is 11.1 Å². The summed E-state index contributed by atoms with van der Waals surface area (Å²) in [6, 6.07) is -0.125. The quantitative estimate of drug-likeness (QED) is 0.838. The van der Waals surface area contributed by atoms with Crippen LogP contribution in [-0.2, 0) is 11.2 Å². The number of amides is 3. The van der Waals surface area contributed by atoms with Crippen LogP contribution in [0.25, 0.3) is 10.2 Å². The van der Waals surface area contributed by atoms with Crippen LogP contribution in [0.4, 0.5) is 4.79 Å². The van der Waals surface area contributed by atoms with E-state index in [1.165, 1.54) is 0 Å². The third-order valence-electron chi connectivity index (χ3n) is 5.77. The van der Waals surface area contributed by atoms with Crippen LogP contribution in [0.1, 0.15) is 36.2 Å². The lowest BCUT2D eigenvalue weighted by Crippen LogP contribution is -2.45. The van der Waals surface area contributed by atoms with E-state index in [9.17, 15) is 14.4 Å². The van der Waals surface area contributed by atoms with E-state index in [0.717, 1.165) is 39.9 Å². The monoisotopic (exact) mass is 403 g/mol. The Hall–Kier alpha value is -2.42. The molecule has 4 heterocycles. The second kappa shape index (κ2) is 7.54. The zero-order valence-corrected chi connectivity index (χ0v) is 17.0. The third-order valence-corrected chi connectivity index (χ3v) is 6.83. The minimum Gasteiger partial charge on any atom is -0.341 e. The van der Waals surface area contributed by atoms with Crippen molar-refractivity contribution in [2.45, 2.75) is 39.2 Å². The first kappa shape index (κ1) is 18.9. The number of hydrogen-bond acceptors (Lipinski definition) is 5. The molecule has 8 nitrogen and oxygen atoms in total. The fourth-order valence-electron chi connectivity index (χ4n) is 4.17. The number of likely N-dealkylation sites (tertiary alicyclic amines) is 1. The number of thiophene rings is 1. The number of piperidine rings is 1. The number of fused-ring (bicyclic) bond motifs is 1. The Kier molecular flexibility index (Phi) is 5.09. The molecule has 9 heteroatoms. The van der Waals surface area contributed by atoms with E-state index in [0.29, 0.717) is 26.2 Å². The maximum absolute atomic E-state index is 13.1. The number of aromatic nitrogens is 2. The van der Waals surface area contributed by atoms with Gasteiger partial charge in [-0.05, 0) is 31.7 Å². The smallest absolute Gasteiger partial charge is 0.317 e. The van der Waals surface area contributed by atoms with E-state index in [2.05, 4.69) is 17.2 Å². The van der Waals surface area contributed by atoms with Crippen molar-refractivity contribution in [1.29, 1.82) is 0 Å². The molecule has 1 N–H and O–H groups in total. The van der Waals surface area contributed by atoms with E-state index in [4.69, 9.17) is 0 Å². The van der Waals surface area contributed by atoms with Gasteiger partial charge in [0.2, 0.25) is 5.91 Å². The summed E-state index contributed by atoms with van der Waals surface area (Å²) >= 11 is 1.58. The molecule has 2 aromatic rings. The predicted molar refractivity (Wildman–Crippen MR) is 108 cm³/mol. The number of carbonyl (C=O) groups excluding carboxylic acids is 2. The van der Waals surface area contributed by atoms with Gasteiger partial charge in [-0.25, -0.2) is 9.78 Å². The van der Waals surface area contributed by atoms with Gasteiger partial charge in [0.15, 0.2) is 0 Å². The van der Waals surface area contributed by atoms with Crippen LogP contribution in [0.3, 0.4) is 0 Å². The van der Waals surface area contributed by atoms with Gasteiger partial charge in [-0.3, -0.25) is 14.2 Å². The molecule has 2 aliphatic heterocycles. The maximum Gasteiger partial charge on any atom is 0.317 e. The molecule has 0 aliphatic carbocycles. The molecule has 0 spiro atoms. The average molecular weight is 404 g/mol. The van der Waals surface area contributed by atoms with Crippen molar-refractivity contribution >= 4 is 33.5 Å². The second-order valence-corrected chi connectivity index (χ2v) is 8.60. The molecule has 28 heavy (non-hydrogen) atoms. The highest BCUT2D eigenvalue weighted by Gasteiger charge is 2.29. The maximum atomic E-state index is 13.1. The lowest BCUT2D eigenvalue weighted by Gasteiger charge is -2.33. The molecule has 2 fully saturated rings. The highest BCUT2D eigenvalue weighted by atomic mass is 32.1. The first-order valence-corrected chi connectivity index (χ1v) is 10.6. The molecule has 150 valence electrons. The Morgan fingerprint density at radius 1 is 1.29 bits per heavy atom. The van der Waals surface area contributed by atoms with E-state index >= 15 is 0 Å². The summed E-state index contributed by atoms with van der Waals surface area (Å²) < 4.78 is 1.75. The lowest BCUT2D eigenvalue weighted by molar-refractivity contribution is -0.132. The highest BCUT2D eigenvalue weighted by Crippen LogP contribution is 2.28. The normalized spacial score (nSPS) is 18.1. The van der Waals surface area contributed by atoms with E-state index in [-0.39, 0.29) is 30.1 Å². The summed E-state index contributed by atoms with van der Waals surface area (Å²) in [5.41, 5.74) is 1.13. The molecule has 3 amide bonds. The van der Waals surface area contributed by atoms with E-state index in [1.807, 2.05) is 6.92 Å². The number of aryl methyl sites for hydroxylation is 2. The number of urea groups is 1. The lowest BCUT2D eigenvalue weighted by atomic mass is 10.0. The minimum absolute atomic E-state index is 0.0295. The number of nitrogens with one attached hydrogen (secondary N) is 1. The van der Waals surface area contributed by atoms with Crippen molar-refractivity contribution in [3.8, 4) is 0 Å². The van der Waals surface area contributed by atoms with Gasteiger partial charge in [-0.2, -0.15) is 0 Å². The number of rotatable bonds is 4. The first-order valence-electron chi connectivity index (χ1n) is 9.79. The van der Waals surface area contributed by atoms with Gasteiger partial charge < -0.3 is 15.1 Å². The standard InChI is InChI=1S/C19H25N5O3S/c1-3-14-12(2)28-17-16(14)18(26)24(11-21-17)13-4-7-22(8-5-13)15(25)10-23-9-6-20-19(23)27/h11,13H,3-10H2,1-2H3,(H,20,27). The summed E-state index contributed by atoms with van der Waals surface area (Å²) in [7, 11) is 0. The molecule has 2 aromatic heterocycles. The van der Waals surface area contributed by atoms with Gasteiger partial charge >= 0.3 is 6.03 Å². The highest BCUT2D eigenvalue weighted by molar-refractivity contribution is 7.18. The summed E-state index contributed by atoms with van der Waals surface area (Å²) in [4.78, 5) is 47.1. The Morgan fingerprint density at radius 3 is 2.68 bits per heavy atom. The van der Waals surface area contributed by atoms with Gasteiger partial charge in [0.1, 0.15) is 11.4 Å². The molecule has 2 aliphatic rings. The van der Waals surface area contributed by atoms with Crippen LogP contribution in [0.2, 0.25) is 0 Å². The van der Waals surface area contributed by atoms with Crippen LogP contribution in [0.5, 0.6) is 0 Å². The van der Waals surface area contributed by atoms with Crippen molar-refractivity contribution in [1.82, 2.24) is 24.7 Å². The Morgan fingerprint density at radius 2 is 2.04 bits per heavy atom. The molecule has 0 atom stereocenters. The summed E-state index contributed by atoms with van der Waals surface area (Å²) in [6.07, 6.45) is 3.92. The molecule has 0 radical (unpaired) electrons. The molecule has 0 saturated carbocycles. The SMILES string of the molecule is CCc1c(C)sc2ncn(C3CCN(C(=O)CN4CCNC4=O)CC3)c(=O)c12. The minimum atomic E-state index is -0.174. The van der Waals surface area contributed by atoms with Crippen LogP contribution in [-0.4, -0.2) is 64.0 Å². The van der Waals surface area contributed by atoms with Gasteiger partial charge in [0.25, 0.3) is 5.56 Å².